The van der Waals surface area contributed by atoms with Crippen LogP contribution in [0.5, 0.6) is 0 Å². The lowest BCUT2D eigenvalue weighted by molar-refractivity contribution is -0.132. The van der Waals surface area contributed by atoms with Gasteiger partial charge >= 0.3 is 5.97 Å². The highest BCUT2D eigenvalue weighted by Crippen LogP contribution is 2.29. The Morgan fingerprint density at radius 2 is 2.00 bits per heavy atom. The van der Waals surface area contributed by atoms with E-state index in [-0.39, 0.29) is 12.4 Å². The quantitative estimate of drug-likeness (QED) is 0.322. The van der Waals surface area contributed by atoms with Gasteiger partial charge in [-0.3, -0.25) is 0 Å². The lowest BCUT2D eigenvalue weighted by atomic mass is 9.97. The number of nitrogens with zero attached hydrogens (tertiary/aromatic N) is 2. The third kappa shape index (κ3) is 6.22. The Labute approximate surface area is 199 Å². The first kappa shape index (κ1) is 25.2. The Morgan fingerprint density at radius 3 is 2.61 bits per heavy atom. The summed E-state index contributed by atoms with van der Waals surface area (Å²) in [6.07, 6.45) is 5.81. The van der Waals surface area contributed by atoms with Crippen LogP contribution in [0.4, 0.5) is 0 Å². The second-order valence-electron chi connectivity index (χ2n) is 7.26. The van der Waals surface area contributed by atoms with E-state index >= 15 is 0 Å². The predicted molar refractivity (Wildman–Crippen MR) is 132 cm³/mol. The van der Waals surface area contributed by atoms with Gasteiger partial charge in [-0.2, -0.15) is 11.3 Å². The van der Waals surface area contributed by atoms with E-state index in [0.29, 0.717) is 30.0 Å². The zero-order valence-corrected chi connectivity index (χ0v) is 20.2. The van der Waals surface area contributed by atoms with Gasteiger partial charge in [0.1, 0.15) is 5.82 Å². The van der Waals surface area contributed by atoms with Crippen LogP contribution in [0.2, 0.25) is 5.02 Å². The highest BCUT2D eigenvalue weighted by Gasteiger charge is 2.21. The van der Waals surface area contributed by atoms with Crippen molar-refractivity contribution in [3.63, 3.8) is 0 Å². The van der Waals surface area contributed by atoms with Crippen molar-refractivity contribution in [2.75, 3.05) is 0 Å². The van der Waals surface area contributed by atoms with Crippen LogP contribution in [-0.4, -0.2) is 20.6 Å². The first-order valence-electron chi connectivity index (χ1n) is 10.3. The minimum Gasteiger partial charge on any atom is -0.478 e. The number of carboxylic acid groups (broad SMARTS) is 1. The van der Waals surface area contributed by atoms with Crippen LogP contribution in [0.1, 0.15) is 55.8 Å². The molecule has 2 heterocycles. The summed E-state index contributed by atoms with van der Waals surface area (Å²) in [5, 5.41) is 14.7. The summed E-state index contributed by atoms with van der Waals surface area (Å²) in [4.78, 5) is 16.8. The van der Waals surface area contributed by atoms with Crippen LogP contribution in [0.25, 0.3) is 5.57 Å². The van der Waals surface area contributed by atoms with E-state index in [0.717, 1.165) is 47.5 Å². The van der Waals surface area contributed by atoms with Crippen molar-refractivity contribution in [3.8, 4) is 0 Å². The molecule has 0 aliphatic heterocycles. The van der Waals surface area contributed by atoms with Crippen LogP contribution >= 0.6 is 35.3 Å². The number of halogens is 2. The maximum absolute atomic E-state index is 12.1. The number of rotatable bonds is 10. The van der Waals surface area contributed by atoms with Gasteiger partial charge in [-0.25, -0.2) is 9.78 Å². The molecule has 166 valence electrons. The third-order valence-electron chi connectivity index (χ3n) is 5.22. The molecule has 0 aliphatic carbocycles. The van der Waals surface area contributed by atoms with Gasteiger partial charge in [-0.05, 0) is 52.4 Å². The largest absolute Gasteiger partial charge is 0.478 e. The molecule has 0 saturated carbocycles. The Bertz CT molecular complexity index is 1030. The molecule has 3 rings (SSSR count). The average Bonchev–Trinajstić information content (AvgIpc) is 3.37. The highest BCUT2D eigenvalue weighted by molar-refractivity contribution is 7.07. The fourth-order valence-corrected chi connectivity index (χ4v) is 4.47. The summed E-state index contributed by atoms with van der Waals surface area (Å²) in [7, 11) is 0. The molecule has 1 aromatic carbocycles. The molecule has 7 heteroatoms. The lowest BCUT2D eigenvalue weighted by Gasteiger charge is -2.17. The Kier molecular flexibility index (Phi) is 9.82. The number of aromatic nitrogens is 2. The van der Waals surface area contributed by atoms with Gasteiger partial charge in [0, 0.05) is 23.4 Å². The number of thiophene rings is 1. The number of carbonyl (C=O) groups is 1. The second kappa shape index (κ2) is 12.1. The summed E-state index contributed by atoms with van der Waals surface area (Å²) in [6.45, 7) is 4.62. The molecule has 4 nitrogen and oxygen atoms in total. The zero-order chi connectivity index (χ0) is 21.5. The van der Waals surface area contributed by atoms with Gasteiger partial charge in [-0.1, -0.05) is 50.1 Å². The summed E-state index contributed by atoms with van der Waals surface area (Å²) in [6, 6.07) is 9.83. The van der Waals surface area contributed by atoms with Crippen LogP contribution in [-0.2, 0) is 24.2 Å². The molecule has 2 aromatic heterocycles. The number of unbranched alkanes of at least 4 members (excludes halogenated alkanes) is 1. The highest BCUT2D eigenvalue weighted by atomic mass is 35.5. The van der Waals surface area contributed by atoms with Gasteiger partial charge in [0.05, 0.1) is 18.4 Å². The van der Waals surface area contributed by atoms with Crippen LogP contribution in [0.3, 0.4) is 0 Å². The molecule has 3 aromatic rings. The number of aryl methyl sites for hydroxylation is 1. The molecule has 0 amide bonds. The Morgan fingerprint density at radius 1 is 1.23 bits per heavy atom. The van der Waals surface area contributed by atoms with Crippen molar-refractivity contribution in [1.82, 2.24) is 9.55 Å². The van der Waals surface area contributed by atoms with Gasteiger partial charge in [0.25, 0.3) is 0 Å². The molecule has 0 atom stereocenters. The number of allylic oxidation sites excluding steroid dienone is 1. The summed E-state index contributed by atoms with van der Waals surface area (Å²) in [5.41, 5.74) is 4.24. The number of carboxylic acids is 1. The number of hydrogen-bond acceptors (Lipinski definition) is 3. The van der Waals surface area contributed by atoms with E-state index in [1.54, 1.807) is 11.3 Å². The maximum Gasteiger partial charge on any atom is 0.331 e. The summed E-state index contributed by atoms with van der Waals surface area (Å²) in [5.74, 6) is 0.0961. The molecule has 0 radical (unpaired) electrons. The van der Waals surface area contributed by atoms with Crippen molar-refractivity contribution in [2.45, 2.75) is 52.5 Å². The minimum absolute atomic E-state index is 0. The smallest absolute Gasteiger partial charge is 0.331 e. The fraction of sp³-hybridized carbons (Fsp3) is 0.333. The van der Waals surface area contributed by atoms with E-state index in [1.165, 1.54) is 0 Å². The van der Waals surface area contributed by atoms with E-state index in [2.05, 4.69) is 16.9 Å². The molecule has 31 heavy (non-hydrogen) atoms. The summed E-state index contributed by atoms with van der Waals surface area (Å²) >= 11 is 8.07. The molecular formula is C24H28Cl2N2O2S. The first-order chi connectivity index (χ1) is 14.5. The molecule has 0 saturated heterocycles. The van der Waals surface area contributed by atoms with Gasteiger partial charge < -0.3 is 9.67 Å². The van der Waals surface area contributed by atoms with Crippen LogP contribution < -0.4 is 0 Å². The third-order valence-corrected chi connectivity index (χ3v) is 6.33. The van der Waals surface area contributed by atoms with E-state index in [4.69, 9.17) is 16.6 Å². The molecule has 0 aliphatic rings. The Hall–Kier alpha value is -2.08. The van der Waals surface area contributed by atoms with Crippen molar-refractivity contribution in [1.29, 1.82) is 0 Å². The number of imidazole rings is 1. The van der Waals surface area contributed by atoms with Gasteiger partial charge in [0.2, 0.25) is 0 Å². The topological polar surface area (TPSA) is 55.1 Å². The second-order valence-corrected chi connectivity index (χ2v) is 8.45. The maximum atomic E-state index is 12.1. The van der Waals surface area contributed by atoms with Crippen molar-refractivity contribution >= 4 is 46.9 Å². The van der Waals surface area contributed by atoms with Crippen LogP contribution in [0.15, 0.2) is 52.9 Å². The molecular weight excluding hydrogens is 451 g/mol. The van der Waals surface area contributed by atoms with E-state index in [1.807, 2.05) is 48.8 Å². The van der Waals surface area contributed by atoms with Crippen molar-refractivity contribution < 1.29 is 9.90 Å². The van der Waals surface area contributed by atoms with Crippen molar-refractivity contribution in [3.05, 3.63) is 80.5 Å². The normalized spacial score (nSPS) is 11.7. The number of benzene rings is 1. The first-order valence-corrected chi connectivity index (χ1v) is 11.6. The zero-order valence-electron chi connectivity index (χ0n) is 17.8. The summed E-state index contributed by atoms with van der Waals surface area (Å²) < 4.78 is 2.15. The monoisotopic (exact) mass is 478 g/mol. The number of hydrogen-bond donors (Lipinski definition) is 1. The molecule has 0 spiro atoms. The fourth-order valence-electron chi connectivity index (χ4n) is 3.61. The SMILES string of the molecule is CCCCc1ncc(/C(Cc2ccsc2)=C(\CC)C(=O)O)n1Cc1ccccc1Cl.Cl. The number of aliphatic carboxylic acids is 1. The standard InChI is InChI=1S/C24H27ClN2O2S.ClH/c1-3-5-10-23-26-14-22(27(23)15-18-8-6-7-9-21(18)25)20(19(4-2)24(28)29)13-17-11-12-30-16-17;/h6-9,11-12,14,16H,3-5,10,13,15H2,1-2H3,(H,28,29);1H/b20-19+;. The van der Waals surface area contributed by atoms with Gasteiger partial charge in [0.15, 0.2) is 0 Å². The average molecular weight is 479 g/mol. The molecule has 0 unspecified atom stereocenters. The van der Waals surface area contributed by atoms with E-state index in [9.17, 15) is 9.90 Å². The van der Waals surface area contributed by atoms with Crippen LogP contribution in [0, 0.1) is 0 Å². The van der Waals surface area contributed by atoms with Crippen molar-refractivity contribution in [2.24, 2.45) is 0 Å². The molecule has 1 N–H and O–H groups in total. The lowest BCUT2D eigenvalue weighted by Crippen LogP contribution is -2.13. The molecule has 0 fully saturated rings. The Balaban J connectivity index is 0.00000341. The van der Waals surface area contributed by atoms with E-state index < -0.39 is 5.97 Å². The molecule has 0 bridgehead atoms. The predicted octanol–water partition coefficient (Wildman–Crippen LogP) is 6.90. The van der Waals surface area contributed by atoms with Gasteiger partial charge in [-0.15, -0.1) is 12.4 Å². The minimum atomic E-state index is -0.872.